The molecule has 3 aromatic rings. The summed E-state index contributed by atoms with van der Waals surface area (Å²) in [6.45, 7) is 13.3. The molecule has 4 aliphatic heterocycles. The number of ether oxygens (including phenoxy) is 1. The molecule has 208 valence electrons. The lowest BCUT2D eigenvalue weighted by Gasteiger charge is -2.51. The fourth-order valence-corrected chi connectivity index (χ4v) is 7.48. The van der Waals surface area contributed by atoms with Gasteiger partial charge in [0.25, 0.3) is 0 Å². The Hall–Kier alpha value is -3.25. The molecule has 4 saturated heterocycles. The minimum atomic E-state index is 0.192. The summed E-state index contributed by atoms with van der Waals surface area (Å²) < 4.78 is 14.0. The van der Waals surface area contributed by atoms with Crippen LogP contribution in [-0.4, -0.2) is 90.4 Å². The van der Waals surface area contributed by atoms with Crippen molar-refractivity contribution in [1.82, 2.24) is 19.8 Å². The number of nitriles is 1. The highest BCUT2D eigenvalue weighted by Gasteiger charge is 2.38. The Labute approximate surface area is 238 Å². The smallest absolute Gasteiger partial charge is 0.128 e. The van der Waals surface area contributed by atoms with E-state index in [1.54, 1.807) is 6.07 Å². The number of benzene rings is 1. The summed E-state index contributed by atoms with van der Waals surface area (Å²) in [7, 11) is 0. The van der Waals surface area contributed by atoms with Gasteiger partial charge in [0, 0.05) is 99.9 Å². The van der Waals surface area contributed by atoms with E-state index in [2.05, 4.69) is 62.7 Å². The van der Waals surface area contributed by atoms with Crippen LogP contribution in [0.1, 0.15) is 38.0 Å². The molecular weight excluding hydrogens is 498 g/mol. The van der Waals surface area contributed by atoms with Crippen molar-refractivity contribution >= 4 is 22.4 Å². The number of piperazine rings is 2. The summed E-state index contributed by atoms with van der Waals surface area (Å²) >= 11 is 0. The zero-order chi connectivity index (χ0) is 28.1. The predicted molar refractivity (Wildman–Crippen MR) is 158 cm³/mol. The zero-order valence-corrected chi connectivity index (χ0v) is 23.6. The van der Waals surface area contributed by atoms with Crippen molar-refractivity contribution in [2.24, 2.45) is 5.92 Å². The van der Waals surface area contributed by atoms with Gasteiger partial charge in [-0.1, -0.05) is 6.07 Å². The third kappa shape index (κ3) is 4.70. The van der Waals surface area contributed by atoms with Crippen LogP contribution in [-0.2, 0) is 11.3 Å². The van der Waals surface area contributed by atoms with Gasteiger partial charge >= 0.3 is 0 Å². The highest BCUT2D eigenvalue weighted by atomic mass is 16.5. The molecule has 2 aromatic heterocycles. The van der Waals surface area contributed by atoms with Gasteiger partial charge in [-0.15, -0.1) is 0 Å². The topological polar surface area (TPSA) is 71.8 Å². The van der Waals surface area contributed by atoms with Gasteiger partial charge in [-0.05, 0) is 62.6 Å². The van der Waals surface area contributed by atoms with Crippen LogP contribution < -0.4 is 9.80 Å². The first kappa shape index (κ1) is 24.5. The molecule has 8 heteroatoms. The lowest BCUT2D eigenvalue weighted by atomic mass is 9.98. The maximum Gasteiger partial charge on any atom is 0.128 e. The van der Waals surface area contributed by atoms with Crippen molar-refractivity contribution in [3.05, 3.63) is 59.4 Å². The first-order valence-electron chi connectivity index (χ1n) is 15.3. The van der Waals surface area contributed by atoms with E-state index in [1.807, 2.05) is 12.1 Å². The Morgan fingerprint density at radius 3 is 2.85 bits per heavy atom. The number of fused-ring (bicyclic) bond motifs is 3. The Morgan fingerprint density at radius 1 is 1.07 bits per heavy atom. The fraction of sp³-hybridized carbons (Fsp3) is 0.531. The molecule has 6 heterocycles. The molecule has 40 heavy (non-hydrogen) atoms. The third-order valence-electron chi connectivity index (χ3n) is 9.58. The normalized spacial score (nSPS) is 27.8. The number of rotatable bonds is 4. The maximum absolute atomic E-state index is 9.62. The minimum Gasteiger partial charge on any atom is -0.376 e. The second-order valence-electron chi connectivity index (χ2n) is 12.1. The van der Waals surface area contributed by atoms with Crippen molar-refractivity contribution in [3.63, 3.8) is 0 Å². The van der Waals surface area contributed by atoms with Gasteiger partial charge < -0.3 is 14.5 Å². The number of aromatic nitrogens is 2. The molecule has 0 saturated carbocycles. The van der Waals surface area contributed by atoms with E-state index in [0.29, 0.717) is 35.2 Å². The third-order valence-corrected chi connectivity index (χ3v) is 9.58. The van der Waals surface area contributed by atoms with Gasteiger partial charge in [0.2, 0.25) is 0 Å². The van der Waals surface area contributed by atoms with E-state index < -0.39 is 0 Å². The van der Waals surface area contributed by atoms with Crippen molar-refractivity contribution < 1.29 is 6.11 Å². The summed E-state index contributed by atoms with van der Waals surface area (Å²) in [5.74, 6) is 1.74. The largest absolute Gasteiger partial charge is 0.376 e. The molecular formula is C32H39N7O. The molecule has 0 N–H and O–H groups in total. The molecule has 4 aliphatic rings. The van der Waals surface area contributed by atoms with Crippen molar-refractivity contribution in [1.29, 1.82) is 5.26 Å². The van der Waals surface area contributed by atoms with E-state index >= 15 is 0 Å². The first-order valence-corrected chi connectivity index (χ1v) is 14.8. The quantitative estimate of drug-likeness (QED) is 0.497. The highest BCUT2D eigenvalue weighted by Crippen LogP contribution is 2.33. The van der Waals surface area contributed by atoms with Gasteiger partial charge in [0.1, 0.15) is 11.9 Å². The fourth-order valence-electron chi connectivity index (χ4n) is 7.48. The number of anilines is 2. The number of hydrogen-bond donors (Lipinski definition) is 0. The van der Waals surface area contributed by atoms with Crippen molar-refractivity contribution in [3.8, 4) is 6.07 Å². The summed E-state index contributed by atoms with van der Waals surface area (Å²) in [6.07, 6.45) is 3.01. The maximum atomic E-state index is 9.62. The second kappa shape index (κ2) is 10.6. The molecule has 4 fully saturated rings. The van der Waals surface area contributed by atoms with Gasteiger partial charge in [0.15, 0.2) is 0 Å². The molecule has 0 bridgehead atoms. The second-order valence-corrected chi connectivity index (χ2v) is 12.1. The Kier molecular flexibility index (Phi) is 6.52. The van der Waals surface area contributed by atoms with Gasteiger partial charge in [-0.2, -0.15) is 5.26 Å². The summed E-state index contributed by atoms with van der Waals surface area (Å²) in [5, 5.41) is 10.6. The van der Waals surface area contributed by atoms with Crippen LogP contribution in [0.15, 0.2) is 42.6 Å². The monoisotopic (exact) mass is 538 g/mol. The molecule has 0 spiro atoms. The lowest BCUT2D eigenvalue weighted by Crippen LogP contribution is -2.65. The lowest BCUT2D eigenvalue weighted by molar-refractivity contribution is 0.00105. The molecule has 7 rings (SSSR count). The minimum absolute atomic E-state index is 0.192. The first-order chi connectivity index (χ1) is 20.0. The number of aryl methyl sites for hydroxylation is 1. The number of nitrogens with zero attached hydrogens (tertiary/aromatic N) is 7. The van der Waals surface area contributed by atoms with E-state index in [0.717, 1.165) is 81.6 Å². The molecule has 4 atom stereocenters. The van der Waals surface area contributed by atoms with Crippen LogP contribution in [0.3, 0.4) is 0 Å². The van der Waals surface area contributed by atoms with Gasteiger partial charge in [-0.3, -0.25) is 14.8 Å². The van der Waals surface area contributed by atoms with Crippen molar-refractivity contribution in [2.45, 2.75) is 51.4 Å². The van der Waals surface area contributed by atoms with Gasteiger partial charge in [-0.25, -0.2) is 4.98 Å². The SMILES string of the molecule is [2H]c1ccc2c(N3C[C@@H]4CN(Cc5ccc(N6C[C@H]7CCCO[C@@H]7C6)nc5C)CCN4[C@H](C)C3)ccc(C#N)c2n1. The molecule has 8 nitrogen and oxygen atoms in total. The average molecular weight is 539 g/mol. The molecule has 0 radical (unpaired) electrons. The number of hydrogen-bond acceptors (Lipinski definition) is 8. The van der Waals surface area contributed by atoms with Gasteiger partial charge in [0.05, 0.1) is 18.6 Å². The molecule has 0 unspecified atom stereocenters. The van der Waals surface area contributed by atoms with Crippen LogP contribution in [0.25, 0.3) is 10.9 Å². The van der Waals surface area contributed by atoms with Crippen LogP contribution in [0.2, 0.25) is 0 Å². The Morgan fingerprint density at radius 2 is 2.00 bits per heavy atom. The molecule has 1 aromatic carbocycles. The molecule has 0 aliphatic carbocycles. The average Bonchev–Trinajstić information content (AvgIpc) is 3.42. The van der Waals surface area contributed by atoms with E-state index in [9.17, 15) is 5.26 Å². The Balaban J connectivity index is 1.05. The predicted octanol–water partition coefficient (Wildman–Crippen LogP) is 3.82. The molecule has 0 amide bonds. The summed E-state index contributed by atoms with van der Waals surface area (Å²) in [6, 6.07) is 15.2. The van der Waals surface area contributed by atoms with Crippen LogP contribution in [0.4, 0.5) is 11.5 Å². The number of pyridine rings is 2. The summed E-state index contributed by atoms with van der Waals surface area (Å²) in [4.78, 5) is 19.6. The van der Waals surface area contributed by atoms with Crippen LogP contribution >= 0.6 is 0 Å². The zero-order valence-electron chi connectivity index (χ0n) is 24.6. The van der Waals surface area contributed by atoms with E-state index in [1.165, 1.54) is 18.4 Å². The summed E-state index contributed by atoms with van der Waals surface area (Å²) in [5.41, 5.74) is 4.71. The van der Waals surface area contributed by atoms with E-state index in [-0.39, 0.29) is 6.17 Å². The standard InChI is InChI=1S/C32H39N7O/c1-22-16-37(29-9-7-24(15-33)32-28(29)6-3-11-34-32)20-27-19-36(12-13-39(22)27)17-25-8-10-31(35-23(25)2)38-18-26-5-4-14-40-30(26)21-38/h3,6-11,22,26-27,30H,4-5,12-14,16-21H2,1-2H3/t22-,26-,27+,30-/m1/s1/i11D. The van der Waals surface area contributed by atoms with Crippen LogP contribution in [0, 0.1) is 24.2 Å². The highest BCUT2D eigenvalue weighted by molar-refractivity contribution is 5.95. The van der Waals surface area contributed by atoms with Crippen LogP contribution in [0.5, 0.6) is 0 Å². The van der Waals surface area contributed by atoms with E-state index in [4.69, 9.17) is 11.1 Å². The Bertz CT molecular complexity index is 1480. The van der Waals surface area contributed by atoms with Crippen molar-refractivity contribution in [2.75, 3.05) is 62.2 Å².